The van der Waals surface area contributed by atoms with Crippen LogP contribution in [0.15, 0.2) is 48.8 Å². The average molecular weight is 424 g/mol. The van der Waals surface area contributed by atoms with Crippen molar-refractivity contribution in [3.8, 4) is 28.7 Å². The minimum Gasteiger partial charge on any atom is -0.485 e. The fraction of sp³-hybridized carbons (Fsp3) is 0.292. The van der Waals surface area contributed by atoms with E-state index in [1.807, 2.05) is 0 Å². The van der Waals surface area contributed by atoms with Crippen LogP contribution >= 0.6 is 0 Å². The number of aliphatic hydroxyl groups is 1. The van der Waals surface area contributed by atoms with E-state index >= 15 is 0 Å². The molecule has 0 aliphatic carbocycles. The second kappa shape index (κ2) is 9.29. The summed E-state index contributed by atoms with van der Waals surface area (Å²) in [5.41, 5.74) is 1.21. The zero-order valence-electron chi connectivity index (χ0n) is 17.0. The summed E-state index contributed by atoms with van der Waals surface area (Å²) in [6.07, 6.45) is 3.18. The SMILES string of the molecule is CC(O)c1nccn1CC#Cc1ccc(-c2ccc(O[C@H]3CCOC3)c(F)c2)c(F)c1. The monoisotopic (exact) mass is 424 g/mol. The molecule has 1 aliphatic rings. The lowest BCUT2D eigenvalue weighted by Crippen LogP contribution is -2.16. The average Bonchev–Trinajstić information content (AvgIpc) is 3.42. The number of ether oxygens (including phenoxy) is 2. The quantitative estimate of drug-likeness (QED) is 0.627. The standard InChI is InChI=1S/C24H22F2N2O3/c1-16(29)24-27-9-11-28(24)10-2-3-17-4-6-20(21(25)13-17)18-5-7-23(22(26)14-18)31-19-8-12-30-15-19/h4-7,9,11,13-14,16,19,29H,8,10,12,15H2,1H3/t16?,19-/m0/s1. The van der Waals surface area contributed by atoms with E-state index in [0.717, 1.165) is 6.42 Å². The van der Waals surface area contributed by atoms with Crippen LogP contribution in [0.5, 0.6) is 5.75 Å². The molecule has 2 aromatic carbocycles. The molecule has 0 amide bonds. The number of halogens is 2. The first-order valence-corrected chi connectivity index (χ1v) is 10.0. The second-order valence-corrected chi connectivity index (χ2v) is 7.33. The lowest BCUT2D eigenvalue weighted by Gasteiger charge is -2.13. The van der Waals surface area contributed by atoms with Crippen molar-refractivity contribution < 1.29 is 23.4 Å². The molecule has 1 N–H and O–H groups in total. The zero-order valence-corrected chi connectivity index (χ0v) is 17.0. The maximum atomic E-state index is 14.7. The van der Waals surface area contributed by atoms with Crippen molar-refractivity contribution in [3.05, 3.63) is 71.8 Å². The van der Waals surface area contributed by atoms with E-state index in [2.05, 4.69) is 16.8 Å². The first kappa shape index (κ1) is 21.0. The second-order valence-electron chi connectivity index (χ2n) is 7.33. The molecule has 2 heterocycles. The van der Waals surface area contributed by atoms with Crippen molar-refractivity contribution in [2.24, 2.45) is 0 Å². The first-order chi connectivity index (χ1) is 15.0. The third-order valence-electron chi connectivity index (χ3n) is 5.00. The lowest BCUT2D eigenvalue weighted by molar-refractivity contribution is 0.138. The molecule has 0 saturated carbocycles. The number of nitrogens with zero attached hydrogens (tertiary/aromatic N) is 2. The fourth-order valence-electron chi connectivity index (χ4n) is 3.43. The summed E-state index contributed by atoms with van der Waals surface area (Å²) in [6.45, 7) is 3.00. The highest BCUT2D eigenvalue weighted by molar-refractivity contribution is 5.66. The minimum atomic E-state index is -0.697. The van der Waals surface area contributed by atoms with Gasteiger partial charge >= 0.3 is 0 Å². The molecule has 1 aromatic heterocycles. The van der Waals surface area contributed by atoms with Gasteiger partial charge in [-0.3, -0.25) is 0 Å². The Balaban J connectivity index is 1.47. The van der Waals surface area contributed by atoms with Gasteiger partial charge in [-0.15, -0.1) is 0 Å². The summed E-state index contributed by atoms with van der Waals surface area (Å²) in [5.74, 6) is 5.48. The molecule has 2 atom stereocenters. The molecule has 3 aromatic rings. The summed E-state index contributed by atoms with van der Waals surface area (Å²) in [6, 6.07) is 9.01. The Hall–Kier alpha value is -3.21. The van der Waals surface area contributed by atoms with E-state index in [0.29, 0.717) is 36.7 Å². The van der Waals surface area contributed by atoms with Crippen LogP contribution in [0, 0.1) is 23.5 Å². The van der Waals surface area contributed by atoms with Crippen LogP contribution in [0.3, 0.4) is 0 Å². The van der Waals surface area contributed by atoms with Gasteiger partial charge in [-0.1, -0.05) is 24.0 Å². The van der Waals surface area contributed by atoms with Crippen LogP contribution in [0.25, 0.3) is 11.1 Å². The van der Waals surface area contributed by atoms with Crippen LogP contribution in [0.4, 0.5) is 8.78 Å². The summed E-state index contributed by atoms with van der Waals surface area (Å²) >= 11 is 0. The number of rotatable bonds is 5. The largest absolute Gasteiger partial charge is 0.485 e. The van der Waals surface area contributed by atoms with E-state index < -0.39 is 17.7 Å². The molecule has 31 heavy (non-hydrogen) atoms. The molecule has 5 nitrogen and oxygen atoms in total. The van der Waals surface area contributed by atoms with Crippen molar-refractivity contribution in [3.63, 3.8) is 0 Å². The molecule has 7 heteroatoms. The maximum absolute atomic E-state index is 14.7. The van der Waals surface area contributed by atoms with Gasteiger partial charge in [0.15, 0.2) is 11.6 Å². The van der Waals surface area contributed by atoms with Gasteiger partial charge in [-0.05, 0) is 36.8 Å². The Kier molecular flexibility index (Phi) is 6.31. The minimum absolute atomic E-state index is 0.137. The predicted octanol–water partition coefficient (Wildman–Crippen LogP) is 4.10. The molecule has 1 aliphatic heterocycles. The predicted molar refractivity (Wildman–Crippen MR) is 111 cm³/mol. The molecule has 0 spiro atoms. The zero-order chi connectivity index (χ0) is 21.8. The van der Waals surface area contributed by atoms with Gasteiger partial charge in [0.05, 0.1) is 19.8 Å². The molecule has 1 saturated heterocycles. The Labute approximate surface area is 179 Å². The van der Waals surface area contributed by atoms with Crippen LogP contribution in [-0.4, -0.2) is 34.0 Å². The van der Waals surface area contributed by atoms with Crippen LogP contribution < -0.4 is 4.74 Å². The summed E-state index contributed by atoms with van der Waals surface area (Å²) in [7, 11) is 0. The van der Waals surface area contributed by atoms with Crippen LogP contribution in [0.1, 0.15) is 30.8 Å². The van der Waals surface area contributed by atoms with Gasteiger partial charge in [0.2, 0.25) is 0 Å². The van der Waals surface area contributed by atoms with E-state index in [1.165, 1.54) is 18.2 Å². The molecule has 4 rings (SSSR count). The lowest BCUT2D eigenvalue weighted by atomic mass is 10.0. The van der Waals surface area contributed by atoms with Gasteiger partial charge in [-0.25, -0.2) is 13.8 Å². The molecule has 0 bridgehead atoms. The summed E-state index contributed by atoms with van der Waals surface area (Å²) in [5, 5.41) is 9.67. The number of benzene rings is 2. The van der Waals surface area contributed by atoms with E-state index in [-0.39, 0.29) is 17.4 Å². The van der Waals surface area contributed by atoms with E-state index in [9.17, 15) is 13.9 Å². The van der Waals surface area contributed by atoms with Crippen molar-refractivity contribution >= 4 is 0 Å². The Morgan fingerprint density at radius 2 is 2.13 bits per heavy atom. The Morgan fingerprint density at radius 1 is 1.26 bits per heavy atom. The number of imidazole rings is 1. The van der Waals surface area contributed by atoms with Crippen LogP contribution in [0.2, 0.25) is 0 Å². The molecule has 0 radical (unpaired) electrons. The number of hydrogen-bond donors (Lipinski definition) is 1. The van der Waals surface area contributed by atoms with Gasteiger partial charge in [0, 0.05) is 29.9 Å². The summed E-state index contributed by atoms with van der Waals surface area (Å²) < 4.78 is 41.7. The third kappa shape index (κ3) is 4.93. The Morgan fingerprint density at radius 3 is 2.84 bits per heavy atom. The normalized spacial score (nSPS) is 16.6. The maximum Gasteiger partial charge on any atom is 0.165 e. The molecule has 160 valence electrons. The molecule has 1 fully saturated rings. The topological polar surface area (TPSA) is 56.5 Å². The van der Waals surface area contributed by atoms with Gasteiger partial charge in [-0.2, -0.15) is 0 Å². The molecule has 1 unspecified atom stereocenters. The van der Waals surface area contributed by atoms with Gasteiger partial charge in [0.1, 0.15) is 23.8 Å². The fourth-order valence-corrected chi connectivity index (χ4v) is 3.43. The van der Waals surface area contributed by atoms with Gasteiger partial charge < -0.3 is 19.1 Å². The van der Waals surface area contributed by atoms with Crippen molar-refractivity contribution in [2.45, 2.75) is 32.1 Å². The molecular formula is C24H22F2N2O3. The van der Waals surface area contributed by atoms with E-state index in [1.54, 1.807) is 42.1 Å². The van der Waals surface area contributed by atoms with Crippen molar-refractivity contribution in [2.75, 3.05) is 13.2 Å². The number of aliphatic hydroxyl groups excluding tert-OH is 1. The van der Waals surface area contributed by atoms with Gasteiger partial charge in [0.25, 0.3) is 0 Å². The summed E-state index contributed by atoms with van der Waals surface area (Å²) in [4.78, 5) is 4.08. The van der Waals surface area contributed by atoms with Crippen molar-refractivity contribution in [1.29, 1.82) is 0 Å². The highest BCUT2D eigenvalue weighted by Crippen LogP contribution is 2.29. The highest BCUT2D eigenvalue weighted by atomic mass is 19.1. The Bertz CT molecular complexity index is 1130. The number of aromatic nitrogens is 2. The van der Waals surface area contributed by atoms with Crippen LogP contribution in [-0.2, 0) is 11.3 Å². The highest BCUT2D eigenvalue weighted by Gasteiger charge is 2.19. The number of hydrogen-bond acceptors (Lipinski definition) is 4. The first-order valence-electron chi connectivity index (χ1n) is 10.0. The smallest absolute Gasteiger partial charge is 0.165 e. The van der Waals surface area contributed by atoms with Crippen molar-refractivity contribution in [1.82, 2.24) is 9.55 Å². The molecular weight excluding hydrogens is 402 g/mol. The van der Waals surface area contributed by atoms with E-state index in [4.69, 9.17) is 9.47 Å². The third-order valence-corrected chi connectivity index (χ3v) is 5.00.